The van der Waals surface area contributed by atoms with Gasteiger partial charge in [0.25, 0.3) is 11.1 Å². The van der Waals surface area contributed by atoms with Crippen molar-refractivity contribution in [3.63, 3.8) is 0 Å². The third kappa shape index (κ3) is 17.9. The number of hydrogen-bond donors (Lipinski definition) is 7. The molecule has 4 unspecified atom stereocenters. The summed E-state index contributed by atoms with van der Waals surface area (Å²) in [7, 11) is 0. The first-order valence-corrected chi connectivity index (χ1v) is 43.1. The van der Waals surface area contributed by atoms with Gasteiger partial charge in [-0.1, -0.05) is 35.9 Å². The van der Waals surface area contributed by atoms with E-state index in [-0.39, 0.29) is 167 Å². The number of ether oxygens (including phenoxy) is 4. The Labute approximate surface area is 719 Å². The molecule has 4 bridgehead atoms. The van der Waals surface area contributed by atoms with E-state index in [9.17, 15) is 43.8 Å². The summed E-state index contributed by atoms with van der Waals surface area (Å²) in [6.07, 6.45) is -5.93. The topological polar surface area (TPSA) is 477 Å². The fourth-order valence-corrected chi connectivity index (χ4v) is 19.8. The summed E-state index contributed by atoms with van der Waals surface area (Å²) in [4.78, 5) is 111. The van der Waals surface area contributed by atoms with E-state index in [1.54, 1.807) is 17.0 Å². The fourth-order valence-electron chi connectivity index (χ4n) is 14.1. The molecule has 20 atom stereocenters. The molecule has 38 nitrogen and oxygen atoms in total. The molecule has 2 aliphatic carbocycles. The molecule has 16 rings (SSSR count). The van der Waals surface area contributed by atoms with Crippen LogP contribution in [0.25, 0.3) is 44.4 Å². The molecule has 7 N–H and O–H groups in total. The van der Waals surface area contributed by atoms with Crippen molar-refractivity contribution in [3.8, 4) is 0 Å². The molecule has 0 aromatic carbocycles. The number of hydrogen-bond acceptors (Lipinski definition) is 33. The van der Waals surface area contributed by atoms with Gasteiger partial charge in [-0.05, 0) is 74.3 Å². The average Bonchev–Trinajstić information content (AvgIpc) is 1.61. The van der Waals surface area contributed by atoms with Crippen molar-refractivity contribution >= 4 is 125 Å². The van der Waals surface area contributed by atoms with Crippen LogP contribution in [0, 0.1) is 0 Å². The number of carbonyl (C=O) groups is 1. The van der Waals surface area contributed by atoms with E-state index in [1.165, 1.54) is 60.8 Å². The molecule has 562 valence electrons. The first kappa shape index (κ1) is 87.9. The van der Waals surface area contributed by atoms with E-state index in [0.29, 0.717) is 11.3 Å². The molecular formula is C56H66F2N16Na4O22P4S4+2. The van der Waals surface area contributed by atoms with Crippen LogP contribution in [0.2, 0.25) is 0 Å². The number of alkyl halides is 2. The Balaban J connectivity index is 0.000000208. The van der Waals surface area contributed by atoms with Crippen molar-refractivity contribution in [3.05, 3.63) is 93.6 Å². The zero-order valence-corrected chi connectivity index (χ0v) is 73.0. The molecule has 0 radical (unpaired) electrons. The maximum absolute atomic E-state index is 16.5. The Kier molecular flexibility index (Phi) is 29.4. The van der Waals surface area contributed by atoms with Gasteiger partial charge in [-0.2, -0.15) is 0 Å². The third-order valence-electron chi connectivity index (χ3n) is 18.9. The number of aliphatic hydroxyl groups excluding tert-OH is 3. The van der Waals surface area contributed by atoms with Crippen molar-refractivity contribution in [1.29, 1.82) is 0 Å². The molecule has 108 heavy (non-hydrogen) atoms. The van der Waals surface area contributed by atoms with E-state index in [0.717, 1.165) is 84.7 Å². The van der Waals surface area contributed by atoms with E-state index >= 15 is 8.78 Å². The van der Waals surface area contributed by atoms with Gasteiger partial charge in [0.05, 0.1) is 50.5 Å². The predicted octanol–water partition coefficient (Wildman–Crippen LogP) is -12.0. The number of amides is 1. The molecule has 0 spiro atoms. The average molecular weight is 1700 g/mol. The molecule has 8 aliphatic rings. The zero-order valence-electron chi connectivity index (χ0n) is 58.1. The minimum absolute atomic E-state index is 0. The van der Waals surface area contributed by atoms with Gasteiger partial charge in [-0.25, -0.2) is 53.2 Å². The second-order valence-corrected chi connectivity index (χ2v) is 36.5. The Bertz CT molecular complexity index is 4970. The second kappa shape index (κ2) is 36.1. The summed E-state index contributed by atoms with van der Waals surface area (Å²) in [5.41, 5.74) is 8.96. The number of aromatic nitrogens is 14. The van der Waals surface area contributed by atoms with E-state index in [2.05, 4.69) is 57.4 Å². The van der Waals surface area contributed by atoms with Gasteiger partial charge in [0.1, 0.15) is 118 Å². The number of fused-ring (bicyclic) bond motifs is 8. The van der Waals surface area contributed by atoms with E-state index in [4.69, 9.17) is 101 Å². The molecule has 8 aromatic heterocycles. The van der Waals surface area contributed by atoms with Crippen LogP contribution in [-0.4, -0.2) is 213 Å². The quantitative estimate of drug-likeness (QED) is 0.0380. The standard InChI is InChI=1S/C29H35FN8O12P2S2.C27H33FN8O10P2S2.4Na/c30-20-23-17(48-28(20)37-7-14-3-1-2-4-15-19(14)25(37)33-11-32-15)10-46-52(44,54)50-24-22(41)16(9-45-51(43,53)49-23)47-29(24)38-13-34-21-26(38)35-12-36(27(21)42)6-5-31-18(40)8-39;28-18-21-16(44-26(18)35-7-13-3-1-2-4-14-17(13)23(35)31-10-30-14)9-42-48(40,50)46-22-20(37)15(8-41-47(39,49)45-21)43-27(22)36-12-32-19-24(36)33-11-34(6-5-29)25(19)38;;;;/h7,11-13,16-17,20,22-24,28-29,39,41H,1-6,8-10H2,(H,31,40)(H,43,53)(H,44,54);7,10-12,15-16,18,20-22,26-27,37H,1-6,8-9,29H2,(H,39,49)(H,40,50);;;;/q;;4*+1/p-2/t16-,17-,20-,22-,23-,24-,28-,29-,51?,52?;15-,16-,18-,20-,21-,22-,26-,27-,47?,48?;;;;/m11..../s1. The van der Waals surface area contributed by atoms with Gasteiger partial charge in [0.2, 0.25) is 5.91 Å². The Hall–Kier alpha value is -0.960. The summed E-state index contributed by atoms with van der Waals surface area (Å²) in [5, 5.41) is 35.6. The van der Waals surface area contributed by atoms with Crippen molar-refractivity contribution in [2.45, 2.75) is 163 Å². The van der Waals surface area contributed by atoms with Gasteiger partial charge in [-0.15, -0.1) is 0 Å². The number of nitrogens with zero attached hydrogens (tertiary/aromatic N) is 14. The van der Waals surface area contributed by atoms with Gasteiger partial charge >= 0.3 is 132 Å². The Morgan fingerprint density at radius 2 is 1.01 bits per heavy atom. The van der Waals surface area contributed by atoms with Crippen molar-refractivity contribution in [2.24, 2.45) is 5.73 Å². The summed E-state index contributed by atoms with van der Waals surface area (Å²) in [6, 6.07) is 0. The molecule has 8 aromatic rings. The van der Waals surface area contributed by atoms with E-state index in [1.807, 2.05) is 0 Å². The number of aryl methyl sites for hydroxylation is 4. The molecule has 1 amide bonds. The summed E-state index contributed by atoms with van der Waals surface area (Å²) in [5.74, 6) is -0.619. The molecule has 6 fully saturated rings. The Morgan fingerprint density at radius 1 is 0.574 bits per heavy atom. The fraction of sp³-hybridized carbons (Fsp3) is 0.589. The molecule has 0 saturated carbocycles. The first-order chi connectivity index (χ1) is 49.8. The number of carbonyl (C=O) groups excluding carboxylic acids is 1. The minimum atomic E-state index is -4.52. The minimum Gasteiger partial charge on any atom is -0.780 e. The largest absolute Gasteiger partial charge is 1.00 e. The zero-order chi connectivity index (χ0) is 72.9. The molecule has 52 heteroatoms. The number of thiol groups is 1. The smallest absolute Gasteiger partial charge is 0.780 e. The SMILES string of the molecule is NCCn1cnc2c(ncn2[C@@H]2O[C@@H]3COP([O-])(=S)O[C@H]4[C@@H](F)[C@H](n5cc6c7c(ncnc75)CCCC6)O[C@@H]4COP(=O)(S)O[C@@H]2[C@@H]3O)c1=O.O=C(CO)NCCn1cnc2c(ncn2[C@@H]2O[C@@H]3COP([O-])(=S)O[C@H]4[C@@H](F)[C@H](n5cc6c7c(ncnc75)CCCC6)O[C@@H]4COP(O)(=S)O[C@@H]2[C@@H]3O)c1=O.[Na+].[Na+].[Na+].[Na+]. The number of halogens is 2. The molecule has 6 saturated heterocycles. The number of nitrogens with one attached hydrogen (secondary N) is 1. The molecule has 6 aliphatic heterocycles. The molecule has 14 heterocycles. The van der Waals surface area contributed by atoms with Crippen LogP contribution in [0.3, 0.4) is 0 Å². The van der Waals surface area contributed by atoms with Crippen LogP contribution in [-0.2, 0) is 139 Å². The monoisotopic (exact) mass is 1700 g/mol. The number of nitrogens with two attached hydrogens (primary N) is 1. The van der Waals surface area contributed by atoms with Crippen LogP contribution in [0.15, 0.2) is 59.9 Å². The van der Waals surface area contributed by atoms with E-state index < -0.39 is 175 Å². The third-order valence-corrected chi connectivity index (χ3v) is 25.2. The number of rotatable bonds is 10. The van der Waals surface area contributed by atoms with Crippen LogP contribution >= 0.6 is 39.2 Å². The normalized spacial score (nSPS) is 34.2. The van der Waals surface area contributed by atoms with Crippen LogP contribution in [0.4, 0.5) is 8.78 Å². The first-order valence-electron chi connectivity index (χ1n) is 32.7. The summed E-state index contributed by atoms with van der Waals surface area (Å²) >= 11 is 19.8. The van der Waals surface area contributed by atoms with Gasteiger partial charge in [0.15, 0.2) is 59.6 Å². The van der Waals surface area contributed by atoms with Gasteiger partial charge < -0.3 is 91.8 Å². The predicted molar refractivity (Wildman–Crippen MR) is 363 cm³/mol. The van der Waals surface area contributed by atoms with Gasteiger partial charge in [0, 0.05) is 49.3 Å². The summed E-state index contributed by atoms with van der Waals surface area (Å²) < 4.78 is 124. The van der Waals surface area contributed by atoms with Crippen LogP contribution in [0.5, 0.6) is 0 Å². The second-order valence-electron chi connectivity index (χ2n) is 25.4. The maximum atomic E-state index is 16.5. The van der Waals surface area contributed by atoms with Crippen LogP contribution < -0.4 is 150 Å². The Morgan fingerprint density at radius 3 is 1.48 bits per heavy atom. The summed E-state index contributed by atoms with van der Waals surface area (Å²) in [6.45, 7) is -20.5. The maximum Gasteiger partial charge on any atom is 1.00 e. The van der Waals surface area contributed by atoms with Crippen LogP contribution in [0.1, 0.15) is 73.1 Å². The van der Waals surface area contributed by atoms with Crippen molar-refractivity contribution in [2.75, 3.05) is 46.1 Å². The van der Waals surface area contributed by atoms with Crippen molar-refractivity contribution in [1.82, 2.24) is 72.6 Å². The van der Waals surface area contributed by atoms with Gasteiger partial charge in [-0.3, -0.25) is 46.2 Å². The van der Waals surface area contributed by atoms with Crippen molar-refractivity contribution < 1.29 is 222 Å². The molecular weight excluding hydrogens is 1630 g/mol. The number of aliphatic hydroxyl groups is 3. The number of imidazole rings is 2.